The van der Waals surface area contributed by atoms with Gasteiger partial charge in [0.2, 0.25) is 0 Å². The molecule has 0 amide bonds. The molecule has 0 heterocycles. The summed E-state index contributed by atoms with van der Waals surface area (Å²) in [7, 11) is 0. The fourth-order valence-corrected chi connectivity index (χ4v) is 1.13. The van der Waals surface area contributed by atoms with Crippen LogP contribution in [-0.2, 0) is 19.1 Å². The molecule has 0 atom stereocenters. The number of aliphatic carboxylic acids is 2. The quantitative estimate of drug-likeness (QED) is 0.486. The highest BCUT2D eigenvalue weighted by molar-refractivity contribution is 5.91. The van der Waals surface area contributed by atoms with Crippen LogP contribution in [0.3, 0.4) is 0 Å². The number of likely N-dealkylation sites (N-methyl/N-ethyl adjacent to an activating group) is 1. The molecule has 0 fully saturated rings. The second-order valence-corrected chi connectivity index (χ2v) is 3.88. The highest BCUT2D eigenvalue weighted by Gasteiger charge is 2.07. The highest BCUT2D eigenvalue weighted by atomic mass is 16.5. The number of nitrogens with zero attached hydrogens (tertiary/aromatic N) is 1. The Hall–Kier alpha value is -2.15. The van der Waals surface area contributed by atoms with Gasteiger partial charge in [0.05, 0.1) is 6.42 Å². The third-order valence-corrected chi connectivity index (χ3v) is 2.38. The van der Waals surface area contributed by atoms with E-state index in [1.54, 1.807) is 0 Å². The second-order valence-electron chi connectivity index (χ2n) is 3.88. The molecule has 0 bridgehead atoms. The van der Waals surface area contributed by atoms with E-state index in [1.165, 1.54) is 6.08 Å². The topological polar surface area (TPSA) is 104 Å². The smallest absolute Gasteiger partial charge is 0.331 e. The monoisotopic (exact) mass is 301 g/mol. The first kappa shape index (κ1) is 21.2. The first-order valence-electron chi connectivity index (χ1n) is 6.42. The van der Waals surface area contributed by atoms with Crippen molar-refractivity contribution < 1.29 is 29.3 Å². The molecule has 0 aromatic heterocycles. The lowest BCUT2D eigenvalue weighted by Crippen LogP contribution is -2.27. The summed E-state index contributed by atoms with van der Waals surface area (Å²) in [5, 5.41) is 16.1. The van der Waals surface area contributed by atoms with Crippen LogP contribution in [0.5, 0.6) is 0 Å². The lowest BCUT2D eigenvalue weighted by Gasteiger charge is -2.16. The van der Waals surface area contributed by atoms with E-state index in [0.29, 0.717) is 6.61 Å². The summed E-state index contributed by atoms with van der Waals surface area (Å²) < 4.78 is 4.83. The van der Waals surface area contributed by atoms with Crippen LogP contribution >= 0.6 is 0 Å². The molecule has 0 aliphatic heterocycles. The maximum atomic E-state index is 10.6. The van der Waals surface area contributed by atoms with Crippen molar-refractivity contribution in [1.82, 2.24) is 4.90 Å². The maximum Gasteiger partial charge on any atom is 0.331 e. The SMILES string of the molecule is C=C(CC(=O)O)C(=O)O.C=CC(=O)OCCN(CC)CC. The summed E-state index contributed by atoms with van der Waals surface area (Å²) >= 11 is 0. The van der Waals surface area contributed by atoms with E-state index in [4.69, 9.17) is 14.9 Å². The molecule has 0 saturated carbocycles. The number of rotatable bonds is 9. The first-order chi connectivity index (χ1) is 9.78. The molecule has 0 unspecified atom stereocenters. The van der Waals surface area contributed by atoms with Crippen LogP contribution in [0, 0.1) is 0 Å². The minimum absolute atomic E-state index is 0.303. The lowest BCUT2D eigenvalue weighted by atomic mass is 10.2. The van der Waals surface area contributed by atoms with Gasteiger partial charge in [0.15, 0.2) is 0 Å². The molecule has 7 nitrogen and oxygen atoms in total. The van der Waals surface area contributed by atoms with Crippen LogP contribution in [0.4, 0.5) is 0 Å². The molecule has 0 rings (SSSR count). The molecule has 120 valence electrons. The number of ether oxygens (including phenoxy) is 1. The zero-order valence-corrected chi connectivity index (χ0v) is 12.5. The molecule has 0 aromatic rings. The zero-order valence-electron chi connectivity index (χ0n) is 12.5. The van der Waals surface area contributed by atoms with Gasteiger partial charge >= 0.3 is 17.9 Å². The normalized spacial score (nSPS) is 9.29. The number of hydrogen-bond donors (Lipinski definition) is 2. The van der Waals surface area contributed by atoms with Crippen molar-refractivity contribution in [3.8, 4) is 0 Å². The number of carboxylic acids is 2. The minimum atomic E-state index is -1.27. The van der Waals surface area contributed by atoms with Gasteiger partial charge in [-0.1, -0.05) is 27.0 Å². The predicted molar refractivity (Wildman–Crippen MR) is 78.0 cm³/mol. The van der Waals surface area contributed by atoms with Crippen LogP contribution in [0.1, 0.15) is 20.3 Å². The molecule has 0 saturated heterocycles. The molecule has 0 spiro atoms. The molecular formula is C14H23NO6. The van der Waals surface area contributed by atoms with Gasteiger partial charge in [-0.3, -0.25) is 4.79 Å². The summed E-state index contributed by atoms with van der Waals surface area (Å²) in [6, 6.07) is 0. The van der Waals surface area contributed by atoms with Crippen molar-refractivity contribution >= 4 is 17.9 Å². The van der Waals surface area contributed by atoms with Crippen molar-refractivity contribution in [2.45, 2.75) is 20.3 Å². The predicted octanol–water partition coefficient (Wildman–Crippen LogP) is 1.16. The Morgan fingerprint density at radius 1 is 1.19 bits per heavy atom. The Morgan fingerprint density at radius 2 is 1.71 bits per heavy atom. The first-order valence-corrected chi connectivity index (χ1v) is 6.42. The van der Waals surface area contributed by atoms with Gasteiger partial charge in [0.25, 0.3) is 0 Å². The van der Waals surface area contributed by atoms with Gasteiger partial charge in [-0.05, 0) is 13.1 Å². The number of carbonyl (C=O) groups excluding carboxylic acids is 1. The fraction of sp³-hybridized carbons (Fsp3) is 0.500. The van der Waals surface area contributed by atoms with Crippen LogP contribution in [0.2, 0.25) is 0 Å². The maximum absolute atomic E-state index is 10.6. The number of hydrogen-bond acceptors (Lipinski definition) is 5. The third kappa shape index (κ3) is 14.1. The van der Waals surface area contributed by atoms with Gasteiger partial charge in [0.1, 0.15) is 6.61 Å². The van der Waals surface area contributed by atoms with Crippen LogP contribution in [0.15, 0.2) is 24.8 Å². The van der Waals surface area contributed by atoms with Gasteiger partial charge in [-0.15, -0.1) is 0 Å². The highest BCUT2D eigenvalue weighted by Crippen LogP contribution is 1.95. The molecule has 0 aliphatic rings. The summed E-state index contributed by atoms with van der Waals surface area (Å²) in [4.78, 5) is 32.5. The van der Waals surface area contributed by atoms with Crippen molar-refractivity contribution in [3.63, 3.8) is 0 Å². The Kier molecular flexibility index (Phi) is 13.0. The Morgan fingerprint density at radius 3 is 2.00 bits per heavy atom. The molecule has 0 aliphatic carbocycles. The van der Waals surface area contributed by atoms with Crippen LogP contribution in [0.25, 0.3) is 0 Å². The van der Waals surface area contributed by atoms with E-state index in [1.807, 2.05) is 0 Å². The molecule has 0 aromatic carbocycles. The lowest BCUT2D eigenvalue weighted by molar-refractivity contribution is -0.139. The molecule has 2 N–H and O–H groups in total. The van der Waals surface area contributed by atoms with Crippen molar-refractivity contribution in [1.29, 1.82) is 0 Å². The molecule has 21 heavy (non-hydrogen) atoms. The zero-order chi connectivity index (χ0) is 16.8. The van der Waals surface area contributed by atoms with Gasteiger partial charge in [0, 0.05) is 18.2 Å². The Bertz CT molecular complexity index is 374. The Labute approximate surface area is 124 Å². The Balaban J connectivity index is 0. The average molecular weight is 301 g/mol. The van der Waals surface area contributed by atoms with E-state index in [0.717, 1.165) is 19.6 Å². The van der Waals surface area contributed by atoms with Gasteiger partial charge in [-0.25, -0.2) is 9.59 Å². The van der Waals surface area contributed by atoms with E-state index in [9.17, 15) is 14.4 Å². The molecule has 0 radical (unpaired) electrons. The van der Waals surface area contributed by atoms with E-state index in [2.05, 4.69) is 31.9 Å². The van der Waals surface area contributed by atoms with E-state index >= 15 is 0 Å². The standard InChI is InChI=1S/C9H17NO2.C5H6O4/c1-4-9(11)12-8-7-10(5-2)6-3;1-3(5(8)9)2-4(6)7/h4H,1,5-8H2,2-3H3;1-2H2,(H,6,7)(H,8,9). The summed E-state index contributed by atoms with van der Waals surface area (Å²) in [6.45, 7) is 13.7. The van der Waals surface area contributed by atoms with Gasteiger partial charge < -0.3 is 19.8 Å². The van der Waals surface area contributed by atoms with Crippen molar-refractivity contribution in [2.75, 3.05) is 26.2 Å². The van der Waals surface area contributed by atoms with Crippen LogP contribution in [-0.4, -0.2) is 59.3 Å². The third-order valence-electron chi connectivity index (χ3n) is 2.38. The number of carboxylic acid groups (broad SMARTS) is 2. The number of carbonyl (C=O) groups is 3. The average Bonchev–Trinajstić information content (AvgIpc) is 2.43. The summed E-state index contributed by atoms with van der Waals surface area (Å²) in [5.74, 6) is -2.79. The largest absolute Gasteiger partial charge is 0.481 e. The second kappa shape index (κ2) is 12.9. The molecule has 7 heteroatoms. The van der Waals surface area contributed by atoms with Crippen molar-refractivity contribution in [3.05, 3.63) is 24.8 Å². The van der Waals surface area contributed by atoms with Crippen molar-refractivity contribution in [2.24, 2.45) is 0 Å². The fourth-order valence-electron chi connectivity index (χ4n) is 1.13. The number of esters is 1. The van der Waals surface area contributed by atoms with Gasteiger partial charge in [-0.2, -0.15) is 0 Å². The molecular weight excluding hydrogens is 278 g/mol. The van der Waals surface area contributed by atoms with Crippen LogP contribution < -0.4 is 0 Å². The van der Waals surface area contributed by atoms with E-state index < -0.39 is 18.4 Å². The minimum Gasteiger partial charge on any atom is -0.481 e. The van der Waals surface area contributed by atoms with E-state index in [-0.39, 0.29) is 11.5 Å². The summed E-state index contributed by atoms with van der Waals surface area (Å²) in [5.41, 5.74) is -0.303. The summed E-state index contributed by atoms with van der Waals surface area (Å²) in [6.07, 6.45) is 0.678.